The number of thiophene rings is 1. The minimum atomic E-state index is -0.253. The number of fused-ring (bicyclic) bond motifs is 1. The Morgan fingerprint density at radius 2 is 2.25 bits per heavy atom. The molecule has 0 saturated carbocycles. The SMILES string of the molecule is CCOC(=O)Cc1cc2ccc(F)cc2s1. The van der Waals surface area contributed by atoms with E-state index in [2.05, 4.69) is 0 Å². The molecule has 0 unspecified atom stereocenters. The highest BCUT2D eigenvalue weighted by Gasteiger charge is 2.08. The van der Waals surface area contributed by atoms with Gasteiger partial charge in [-0.3, -0.25) is 4.79 Å². The van der Waals surface area contributed by atoms with Crippen LogP contribution in [0.1, 0.15) is 11.8 Å². The van der Waals surface area contributed by atoms with E-state index in [1.165, 1.54) is 23.5 Å². The predicted octanol–water partition coefficient (Wildman–Crippen LogP) is 3.15. The van der Waals surface area contributed by atoms with Crippen LogP contribution >= 0.6 is 11.3 Å². The summed E-state index contributed by atoms with van der Waals surface area (Å²) in [6.45, 7) is 2.16. The van der Waals surface area contributed by atoms with Gasteiger partial charge in [0.25, 0.3) is 0 Å². The number of carbonyl (C=O) groups excluding carboxylic acids is 1. The zero-order valence-corrected chi connectivity index (χ0v) is 9.64. The minimum absolute atomic E-state index is 0.241. The molecule has 2 nitrogen and oxygen atoms in total. The first-order valence-corrected chi connectivity index (χ1v) is 5.84. The van der Waals surface area contributed by atoms with Gasteiger partial charge in [-0.25, -0.2) is 4.39 Å². The van der Waals surface area contributed by atoms with Gasteiger partial charge in [0.15, 0.2) is 0 Å². The molecule has 1 heterocycles. The Hall–Kier alpha value is -1.42. The fourth-order valence-electron chi connectivity index (χ4n) is 1.50. The van der Waals surface area contributed by atoms with Gasteiger partial charge in [0.1, 0.15) is 5.82 Å². The third-order valence-corrected chi connectivity index (χ3v) is 3.25. The van der Waals surface area contributed by atoms with E-state index in [4.69, 9.17) is 4.74 Å². The van der Waals surface area contributed by atoms with Gasteiger partial charge >= 0.3 is 5.97 Å². The number of hydrogen-bond donors (Lipinski definition) is 0. The fourth-order valence-corrected chi connectivity index (χ4v) is 2.58. The monoisotopic (exact) mass is 238 g/mol. The molecule has 16 heavy (non-hydrogen) atoms. The van der Waals surface area contributed by atoms with E-state index < -0.39 is 0 Å². The number of ether oxygens (including phenoxy) is 1. The summed E-state index contributed by atoms with van der Waals surface area (Å²) in [4.78, 5) is 12.2. The standard InChI is InChI=1S/C12H11FO2S/c1-2-15-12(14)7-10-5-8-3-4-9(13)6-11(8)16-10/h3-6H,2,7H2,1H3. The molecular weight excluding hydrogens is 227 g/mol. The molecule has 0 aliphatic rings. The lowest BCUT2D eigenvalue weighted by molar-refractivity contribution is -0.142. The van der Waals surface area contributed by atoms with E-state index >= 15 is 0 Å². The number of halogens is 1. The summed E-state index contributed by atoms with van der Waals surface area (Å²) in [6.07, 6.45) is 0.259. The molecule has 1 aromatic carbocycles. The molecule has 0 bridgehead atoms. The molecule has 84 valence electrons. The summed E-state index contributed by atoms with van der Waals surface area (Å²) in [7, 11) is 0. The molecule has 0 spiro atoms. The van der Waals surface area contributed by atoms with E-state index in [-0.39, 0.29) is 18.2 Å². The summed E-state index contributed by atoms with van der Waals surface area (Å²) < 4.78 is 18.7. The highest BCUT2D eigenvalue weighted by Crippen LogP contribution is 2.26. The van der Waals surface area contributed by atoms with Crippen LogP contribution in [0.25, 0.3) is 10.1 Å². The number of carbonyl (C=O) groups is 1. The number of hydrogen-bond acceptors (Lipinski definition) is 3. The number of rotatable bonds is 3. The van der Waals surface area contributed by atoms with Gasteiger partial charge in [-0.2, -0.15) is 0 Å². The Bertz CT molecular complexity index is 519. The second-order valence-electron chi connectivity index (χ2n) is 3.38. The maximum atomic E-state index is 12.9. The van der Waals surface area contributed by atoms with Crippen LogP contribution in [0.3, 0.4) is 0 Å². The molecule has 0 saturated heterocycles. The van der Waals surface area contributed by atoms with Crippen molar-refractivity contribution < 1.29 is 13.9 Å². The highest BCUT2D eigenvalue weighted by molar-refractivity contribution is 7.19. The summed E-state index contributed by atoms with van der Waals surface area (Å²) in [5, 5.41) is 0.964. The van der Waals surface area contributed by atoms with Crippen LogP contribution in [-0.2, 0) is 16.0 Å². The summed E-state index contributed by atoms with van der Waals surface area (Å²) in [6, 6.07) is 6.52. The maximum Gasteiger partial charge on any atom is 0.311 e. The van der Waals surface area contributed by atoms with Crippen LogP contribution in [0.2, 0.25) is 0 Å². The van der Waals surface area contributed by atoms with Gasteiger partial charge in [-0.15, -0.1) is 11.3 Å². The van der Waals surface area contributed by atoms with E-state index in [9.17, 15) is 9.18 Å². The molecule has 4 heteroatoms. The third-order valence-electron chi connectivity index (χ3n) is 2.16. The van der Waals surface area contributed by atoms with Crippen molar-refractivity contribution in [2.24, 2.45) is 0 Å². The first-order valence-electron chi connectivity index (χ1n) is 5.02. The molecule has 1 aromatic heterocycles. The lowest BCUT2D eigenvalue weighted by Crippen LogP contribution is -2.05. The molecule has 0 radical (unpaired) electrons. The summed E-state index contributed by atoms with van der Waals surface area (Å²) in [5.41, 5.74) is 0. The molecule has 0 fully saturated rings. The lowest BCUT2D eigenvalue weighted by Gasteiger charge is -1.97. The van der Waals surface area contributed by atoms with E-state index in [0.717, 1.165) is 15.0 Å². The van der Waals surface area contributed by atoms with Crippen LogP contribution in [0.4, 0.5) is 4.39 Å². The molecular formula is C12H11FO2S. The number of benzene rings is 1. The van der Waals surface area contributed by atoms with Gasteiger partial charge in [0.05, 0.1) is 13.0 Å². The maximum absolute atomic E-state index is 12.9. The van der Waals surface area contributed by atoms with Crippen molar-refractivity contribution in [1.29, 1.82) is 0 Å². The van der Waals surface area contributed by atoms with E-state index in [1.807, 2.05) is 6.07 Å². The topological polar surface area (TPSA) is 26.3 Å². The highest BCUT2D eigenvalue weighted by atomic mass is 32.1. The minimum Gasteiger partial charge on any atom is -0.466 e. The molecule has 2 aromatic rings. The van der Waals surface area contributed by atoms with Crippen LogP contribution < -0.4 is 0 Å². The van der Waals surface area contributed by atoms with Crippen molar-refractivity contribution in [2.45, 2.75) is 13.3 Å². The van der Waals surface area contributed by atoms with Crippen LogP contribution in [0.15, 0.2) is 24.3 Å². The van der Waals surface area contributed by atoms with Crippen molar-refractivity contribution in [3.05, 3.63) is 35.0 Å². The quantitative estimate of drug-likeness (QED) is 0.768. The van der Waals surface area contributed by atoms with Crippen molar-refractivity contribution in [3.8, 4) is 0 Å². The molecule has 0 aliphatic carbocycles. The Balaban J connectivity index is 2.23. The lowest BCUT2D eigenvalue weighted by atomic mass is 10.2. The van der Waals surface area contributed by atoms with Crippen LogP contribution in [0, 0.1) is 5.82 Å². The van der Waals surface area contributed by atoms with E-state index in [0.29, 0.717) is 6.61 Å². The zero-order chi connectivity index (χ0) is 11.5. The van der Waals surface area contributed by atoms with Crippen molar-refractivity contribution in [1.82, 2.24) is 0 Å². The Labute approximate surface area is 96.7 Å². The smallest absolute Gasteiger partial charge is 0.311 e. The van der Waals surface area contributed by atoms with E-state index in [1.54, 1.807) is 13.0 Å². The fraction of sp³-hybridized carbons (Fsp3) is 0.250. The summed E-state index contributed by atoms with van der Waals surface area (Å²) >= 11 is 1.42. The van der Waals surface area contributed by atoms with Crippen molar-refractivity contribution >= 4 is 27.4 Å². The van der Waals surface area contributed by atoms with Crippen molar-refractivity contribution in [3.63, 3.8) is 0 Å². The first-order chi connectivity index (χ1) is 7.69. The normalized spacial score (nSPS) is 10.6. The van der Waals surface area contributed by atoms with Crippen LogP contribution in [0.5, 0.6) is 0 Å². The molecule has 0 amide bonds. The summed E-state index contributed by atoms with van der Waals surface area (Å²) in [5.74, 6) is -0.494. The predicted molar refractivity (Wildman–Crippen MR) is 62.1 cm³/mol. The number of esters is 1. The van der Waals surface area contributed by atoms with Gasteiger partial charge < -0.3 is 4.74 Å². The van der Waals surface area contributed by atoms with Gasteiger partial charge in [0.2, 0.25) is 0 Å². The zero-order valence-electron chi connectivity index (χ0n) is 8.83. The second kappa shape index (κ2) is 4.61. The second-order valence-corrected chi connectivity index (χ2v) is 4.54. The Kier molecular flexibility index (Phi) is 3.19. The first kappa shape index (κ1) is 11.1. The Morgan fingerprint density at radius 3 is 3.00 bits per heavy atom. The van der Waals surface area contributed by atoms with Gasteiger partial charge in [-0.05, 0) is 30.5 Å². The third kappa shape index (κ3) is 2.39. The molecule has 0 N–H and O–H groups in total. The molecule has 2 rings (SSSR count). The average molecular weight is 238 g/mol. The van der Waals surface area contributed by atoms with Crippen molar-refractivity contribution in [2.75, 3.05) is 6.61 Å². The van der Waals surface area contributed by atoms with Gasteiger partial charge in [0, 0.05) is 9.58 Å². The Morgan fingerprint density at radius 1 is 1.44 bits per heavy atom. The molecule has 0 atom stereocenters. The average Bonchev–Trinajstić information content (AvgIpc) is 2.59. The largest absolute Gasteiger partial charge is 0.466 e. The van der Waals surface area contributed by atoms with Crippen LogP contribution in [-0.4, -0.2) is 12.6 Å². The van der Waals surface area contributed by atoms with Gasteiger partial charge in [-0.1, -0.05) is 6.07 Å². The molecule has 0 aliphatic heterocycles.